The third-order valence-corrected chi connectivity index (χ3v) is 5.04. The zero-order valence-electron chi connectivity index (χ0n) is 17.4. The van der Waals surface area contributed by atoms with Crippen LogP contribution in [0, 0.1) is 17.8 Å². The summed E-state index contributed by atoms with van der Waals surface area (Å²) in [5.74, 6) is 1.82. The lowest BCUT2D eigenvalue weighted by Gasteiger charge is -2.10. The van der Waals surface area contributed by atoms with Gasteiger partial charge in [0.1, 0.15) is 5.75 Å². The Morgan fingerprint density at radius 1 is 1.14 bits per heavy atom. The zero-order chi connectivity index (χ0) is 20.8. The van der Waals surface area contributed by atoms with Crippen LogP contribution in [0.1, 0.15) is 43.1 Å². The Morgan fingerprint density at radius 2 is 1.86 bits per heavy atom. The van der Waals surface area contributed by atoms with E-state index in [9.17, 15) is 9.59 Å². The first-order valence-corrected chi connectivity index (χ1v) is 10.3. The molecule has 5 nitrogen and oxygen atoms in total. The van der Waals surface area contributed by atoms with Gasteiger partial charge in [0.15, 0.2) is 0 Å². The molecule has 2 aromatic carbocycles. The van der Waals surface area contributed by atoms with Gasteiger partial charge < -0.3 is 15.4 Å². The summed E-state index contributed by atoms with van der Waals surface area (Å²) in [5, 5.41) is 5.85. The van der Waals surface area contributed by atoms with E-state index >= 15 is 0 Å². The monoisotopic (exact) mass is 394 g/mol. The maximum atomic E-state index is 12.4. The lowest BCUT2D eigenvalue weighted by Crippen LogP contribution is -2.25. The second-order valence-electron chi connectivity index (χ2n) is 8.24. The van der Waals surface area contributed by atoms with Gasteiger partial charge in [-0.15, -0.1) is 0 Å². The SMILES string of the molecule is CC(C)COc1ccc(CCNC(=O)c2cccc(NC(=O)C3CC3C)c2)cc1. The number of carbonyl (C=O) groups excluding carboxylic acids is 2. The van der Waals surface area contributed by atoms with Crippen molar-refractivity contribution in [1.29, 1.82) is 0 Å². The molecule has 2 amide bonds. The Labute approximate surface area is 172 Å². The maximum Gasteiger partial charge on any atom is 0.251 e. The fourth-order valence-corrected chi connectivity index (χ4v) is 3.10. The Morgan fingerprint density at radius 3 is 2.52 bits per heavy atom. The quantitative estimate of drug-likeness (QED) is 0.667. The Balaban J connectivity index is 1.45. The molecule has 5 heteroatoms. The molecule has 0 aliphatic heterocycles. The molecule has 2 N–H and O–H groups in total. The predicted octanol–water partition coefficient (Wildman–Crippen LogP) is 4.29. The minimum atomic E-state index is -0.141. The summed E-state index contributed by atoms with van der Waals surface area (Å²) in [6.45, 7) is 7.55. The molecule has 0 heterocycles. The van der Waals surface area contributed by atoms with E-state index in [4.69, 9.17) is 4.74 Å². The maximum absolute atomic E-state index is 12.4. The fourth-order valence-electron chi connectivity index (χ4n) is 3.10. The first-order chi connectivity index (χ1) is 13.9. The summed E-state index contributed by atoms with van der Waals surface area (Å²) in [7, 11) is 0. The van der Waals surface area contributed by atoms with Crippen LogP contribution in [0.15, 0.2) is 48.5 Å². The number of anilines is 1. The van der Waals surface area contributed by atoms with E-state index in [1.807, 2.05) is 30.3 Å². The third kappa shape index (κ3) is 6.34. The standard InChI is InChI=1S/C24H30N2O3/c1-16(2)15-29-21-9-7-18(8-10-21)11-12-25-23(27)19-5-4-6-20(14-19)26-24(28)22-13-17(22)3/h4-10,14,16-17,22H,11-13,15H2,1-3H3,(H,25,27)(H,26,28). The minimum Gasteiger partial charge on any atom is -0.493 e. The summed E-state index contributed by atoms with van der Waals surface area (Å²) in [4.78, 5) is 24.5. The van der Waals surface area contributed by atoms with Crippen LogP contribution in [0.3, 0.4) is 0 Å². The van der Waals surface area contributed by atoms with E-state index in [2.05, 4.69) is 31.4 Å². The van der Waals surface area contributed by atoms with E-state index < -0.39 is 0 Å². The van der Waals surface area contributed by atoms with Crippen LogP contribution < -0.4 is 15.4 Å². The van der Waals surface area contributed by atoms with Crippen molar-refractivity contribution in [3.05, 3.63) is 59.7 Å². The van der Waals surface area contributed by atoms with Crippen LogP contribution in [0.2, 0.25) is 0 Å². The normalized spacial score (nSPS) is 17.7. The number of amides is 2. The molecular weight excluding hydrogens is 364 g/mol. The minimum absolute atomic E-state index is 0.0379. The molecule has 3 rings (SSSR count). The largest absolute Gasteiger partial charge is 0.493 e. The van der Waals surface area contributed by atoms with Crippen LogP contribution in [-0.2, 0) is 11.2 Å². The third-order valence-electron chi connectivity index (χ3n) is 5.04. The van der Waals surface area contributed by atoms with Crippen molar-refractivity contribution in [3.8, 4) is 5.75 Å². The van der Waals surface area contributed by atoms with Crippen molar-refractivity contribution in [1.82, 2.24) is 5.32 Å². The number of rotatable bonds is 9. The average molecular weight is 395 g/mol. The van der Waals surface area contributed by atoms with E-state index in [0.29, 0.717) is 36.2 Å². The second-order valence-corrected chi connectivity index (χ2v) is 8.24. The van der Waals surface area contributed by atoms with Crippen molar-refractivity contribution in [2.24, 2.45) is 17.8 Å². The molecule has 1 fully saturated rings. The smallest absolute Gasteiger partial charge is 0.251 e. The molecule has 0 bridgehead atoms. The summed E-state index contributed by atoms with van der Waals surface area (Å²) in [6, 6.07) is 15.1. The lowest BCUT2D eigenvalue weighted by atomic mass is 10.1. The highest BCUT2D eigenvalue weighted by atomic mass is 16.5. The predicted molar refractivity (Wildman–Crippen MR) is 115 cm³/mol. The molecule has 1 aliphatic carbocycles. The van der Waals surface area contributed by atoms with E-state index in [1.54, 1.807) is 18.2 Å². The molecule has 29 heavy (non-hydrogen) atoms. The molecule has 1 aliphatic rings. The van der Waals surface area contributed by atoms with Crippen molar-refractivity contribution in [2.75, 3.05) is 18.5 Å². The summed E-state index contributed by atoms with van der Waals surface area (Å²) in [6.07, 6.45) is 1.68. The molecule has 154 valence electrons. The summed E-state index contributed by atoms with van der Waals surface area (Å²) >= 11 is 0. The number of carbonyl (C=O) groups is 2. The average Bonchev–Trinajstić information content (AvgIpc) is 3.44. The Kier molecular flexibility index (Phi) is 6.91. The number of hydrogen-bond donors (Lipinski definition) is 2. The van der Waals surface area contributed by atoms with Gasteiger partial charge in [-0.25, -0.2) is 0 Å². The van der Waals surface area contributed by atoms with Crippen LogP contribution in [0.4, 0.5) is 5.69 Å². The summed E-state index contributed by atoms with van der Waals surface area (Å²) < 4.78 is 5.69. The molecule has 2 aromatic rings. The van der Waals surface area contributed by atoms with Gasteiger partial charge in [0, 0.05) is 23.7 Å². The number of benzene rings is 2. The van der Waals surface area contributed by atoms with Crippen molar-refractivity contribution < 1.29 is 14.3 Å². The molecule has 0 aromatic heterocycles. The highest BCUT2D eigenvalue weighted by molar-refractivity contribution is 5.98. The van der Waals surface area contributed by atoms with Gasteiger partial charge in [0.05, 0.1) is 6.61 Å². The van der Waals surface area contributed by atoms with Gasteiger partial charge in [0.25, 0.3) is 5.91 Å². The Hall–Kier alpha value is -2.82. The molecule has 2 atom stereocenters. The van der Waals surface area contributed by atoms with E-state index in [0.717, 1.165) is 24.2 Å². The van der Waals surface area contributed by atoms with Crippen molar-refractivity contribution in [3.63, 3.8) is 0 Å². The van der Waals surface area contributed by atoms with E-state index in [-0.39, 0.29) is 17.7 Å². The molecule has 2 unspecified atom stereocenters. The highest BCUT2D eigenvalue weighted by Gasteiger charge is 2.39. The summed E-state index contributed by atoms with van der Waals surface area (Å²) in [5.41, 5.74) is 2.35. The molecule has 0 saturated heterocycles. The van der Waals surface area contributed by atoms with Crippen LogP contribution in [-0.4, -0.2) is 25.0 Å². The highest BCUT2D eigenvalue weighted by Crippen LogP contribution is 2.38. The number of nitrogens with one attached hydrogen (secondary N) is 2. The van der Waals surface area contributed by atoms with Crippen molar-refractivity contribution >= 4 is 17.5 Å². The van der Waals surface area contributed by atoms with Gasteiger partial charge in [-0.3, -0.25) is 9.59 Å². The van der Waals surface area contributed by atoms with E-state index in [1.165, 1.54) is 0 Å². The van der Waals surface area contributed by atoms with Gasteiger partial charge in [-0.2, -0.15) is 0 Å². The Bertz CT molecular complexity index is 845. The second kappa shape index (κ2) is 9.59. The molecule has 1 saturated carbocycles. The fraction of sp³-hybridized carbons (Fsp3) is 0.417. The van der Waals surface area contributed by atoms with Gasteiger partial charge >= 0.3 is 0 Å². The van der Waals surface area contributed by atoms with Gasteiger partial charge in [-0.05, 0) is 60.6 Å². The molecule has 0 spiro atoms. The van der Waals surface area contributed by atoms with Crippen LogP contribution in [0.25, 0.3) is 0 Å². The first kappa shape index (κ1) is 20.9. The van der Waals surface area contributed by atoms with Crippen molar-refractivity contribution in [2.45, 2.75) is 33.6 Å². The van der Waals surface area contributed by atoms with Gasteiger partial charge in [0.2, 0.25) is 5.91 Å². The first-order valence-electron chi connectivity index (χ1n) is 10.3. The molecular formula is C24H30N2O3. The van der Waals surface area contributed by atoms with Crippen LogP contribution in [0.5, 0.6) is 5.75 Å². The zero-order valence-corrected chi connectivity index (χ0v) is 17.4. The lowest BCUT2D eigenvalue weighted by molar-refractivity contribution is -0.117. The van der Waals surface area contributed by atoms with Crippen LogP contribution >= 0.6 is 0 Å². The number of ether oxygens (including phenoxy) is 1. The topological polar surface area (TPSA) is 67.4 Å². The van der Waals surface area contributed by atoms with Gasteiger partial charge in [-0.1, -0.05) is 39.0 Å². The number of hydrogen-bond acceptors (Lipinski definition) is 3. The molecule has 0 radical (unpaired) electrons.